The first-order valence-electron chi connectivity index (χ1n) is 6.04. The largest absolute Gasteiger partial charge is 0.313 e. The van der Waals surface area contributed by atoms with Gasteiger partial charge in [0.15, 0.2) is 5.03 Å². The van der Waals surface area contributed by atoms with E-state index < -0.39 is 10.0 Å². The van der Waals surface area contributed by atoms with Crippen LogP contribution in [0.3, 0.4) is 0 Å². The molecule has 0 radical (unpaired) electrons. The number of nitrogens with one attached hydrogen (secondary N) is 3. The lowest BCUT2D eigenvalue weighted by Crippen LogP contribution is -2.18. The van der Waals surface area contributed by atoms with Gasteiger partial charge in [-0.05, 0) is 53.4 Å². The maximum Gasteiger partial charge on any atom is 0.279 e. The van der Waals surface area contributed by atoms with E-state index in [2.05, 4.69) is 42.8 Å². The number of aromatic amines is 1. The number of rotatable bonds is 6. The summed E-state index contributed by atoms with van der Waals surface area (Å²) in [4.78, 5) is 0. The fourth-order valence-corrected chi connectivity index (χ4v) is 3.19. The van der Waals surface area contributed by atoms with Gasteiger partial charge in [0, 0.05) is 21.4 Å². The molecule has 2 rings (SSSR count). The van der Waals surface area contributed by atoms with Gasteiger partial charge in [-0.2, -0.15) is 13.5 Å². The van der Waals surface area contributed by atoms with Crippen molar-refractivity contribution in [3.63, 3.8) is 0 Å². The Bertz CT molecular complexity index is 667. The molecule has 1 aromatic heterocycles. The normalized spacial score (nSPS) is 11.5. The zero-order valence-corrected chi connectivity index (χ0v) is 13.8. The van der Waals surface area contributed by atoms with Crippen LogP contribution in [0, 0.1) is 3.57 Å². The van der Waals surface area contributed by atoms with Crippen LogP contribution < -0.4 is 10.0 Å². The average Bonchev–Trinajstić information content (AvgIpc) is 2.88. The summed E-state index contributed by atoms with van der Waals surface area (Å²) in [6, 6.07) is 7.12. The van der Waals surface area contributed by atoms with Gasteiger partial charge in [-0.25, -0.2) is 0 Å². The predicted octanol–water partition coefficient (Wildman–Crippen LogP) is 1.92. The van der Waals surface area contributed by atoms with Crippen molar-refractivity contribution in [1.82, 2.24) is 15.5 Å². The second kappa shape index (κ2) is 6.55. The van der Waals surface area contributed by atoms with Crippen LogP contribution in [0.4, 0.5) is 5.69 Å². The number of anilines is 1. The summed E-state index contributed by atoms with van der Waals surface area (Å²) in [5, 5.41) is 9.53. The summed E-state index contributed by atoms with van der Waals surface area (Å²) >= 11 is 2.16. The number of aromatic nitrogens is 2. The topological polar surface area (TPSA) is 86.9 Å². The quantitative estimate of drug-likeness (QED) is 0.640. The van der Waals surface area contributed by atoms with Crippen LogP contribution in [0.25, 0.3) is 0 Å². The molecule has 1 aromatic carbocycles. The minimum atomic E-state index is -3.65. The highest BCUT2D eigenvalue weighted by atomic mass is 127. The number of nitrogens with zero attached hydrogens (tertiary/aromatic N) is 1. The van der Waals surface area contributed by atoms with Crippen LogP contribution in [0.5, 0.6) is 0 Å². The fourth-order valence-electron chi connectivity index (χ4n) is 1.64. The molecular weight excluding hydrogens is 391 g/mol. The monoisotopic (exact) mass is 406 g/mol. The molecule has 20 heavy (non-hydrogen) atoms. The number of benzene rings is 1. The third-order valence-corrected chi connectivity index (χ3v) is 4.72. The summed E-state index contributed by atoms with van der Waals surface area (Å²) in [6.07, 6.45) is 1.52. The molecule has 0 unspecified atom stereocenters. The van der Waals surface area contributed by atoms with Gasteiger partial charge in [0.1, 0.15) is 0 Å². The standard InChI is InChI=1S/C12H15IN4O2S/c1-2-14-7-9-8-15-16-12(9)20(18,19)17-11-5-3-10(13)4-6-11/h3-6,8,14,17H,2,7H2,1H3,(H,15,16). The Kier molecular flexibility index (Phi) is 5.00. The van der Waals surface area contributed by atoms with Gasteiger partial charge < -0.3 is 5.32 Å². The number of hydrogen-bond donors (Lipinski definition) is 3. The average molecular weight is 406 g/mol. The highest BCUT2D eigenvalue weighted by Gasteiger charge is 2.20. The first-order chi connectivity index (χ1) is 9.53. The second-order valence-electron chi connectivity index (χ2n) is 4.12. The van der Waals surface area contributed by atoms with E-state index in [0.717, 1.165) is 10.1 Å². The maximum atomic E-state index is 12.3. The molecule has 8 heteroatoms. The van der Waals surface area contributed by atoms with Crippen LogP contribution in [0.2, 0.25) is 0 Å². The highest BCUT2D eigenvalue weighted by Crippen LogP contribution is 2.18. The van der Waals surface area contributed by atoms with Crippen LogP contribution in [-0.4, -0.2) is 25.2 Å². The van der Waals surface area contributed by atoms with E-state index in [0.29, 0.717) is 17.8 Å². The van der Waals surface area contributed by atoms with E-state index in [1.807, 2.05) is 19.1 Å². The first kappa shape index (κ1) is 15.3. The van der Waals surface area contributed by atoms with Gasteiger partial charge in [0.25, 0.3) is 10.0 Å². The summed E-state index contributed by atoms with van der Waals surface area (Å²) in [7, 11) is -3.65. The Morgan fingerprint density at radius 1 is 1.30 bits per heavy atom. The van der Waals surface area contributed by atoms with Gasteiger partial charge >= 0.3 is 0 Å². The van der Waals surface area contributed by atoms with Gasteiger partial charge in [0.2, 0.25) is 0 Å². The van der Waals surface area contributed by atoms with Crippen molar-refractivity contribution >= 4 is 38.3 Å². The van der Waals surface area contributed by atoms with Crippen LogP contribution in [0.1, 0.15) is 12.5 Å². The molecule has 0 amide bonds. The Morgan fingerprint density at radius 3 is 2.65 bits per heavy atom. The lowest BCUT2D eigenvalue weighted by molar-refractivity contribution is 0.594. The van der Waals surface area contributed by atoms with E-state index in [-0.39, 0.29) is 5.03 Å². The zero-order chi connectivity index (χ0) is 14.6. The van der Waals surface area contributed by atoms with Crippen molar-refractivity contribution < 1.29 is 8.42 Å². The molecule has 0 aliphatic rings. The molecule has 0 saturated carbocycles. The Morgan fingerprint density at radius 2 is 2.00 bits per heavy atom. The zero-order valence-electron chi connectivity index (χ0n) is 10.9. The maximum absolute atomic E-state index is 12.3. The van der Waals surface area contributed by atoms with E-state index in [9.17, 15) is 8.42 Å². The number of sulfonamides is 1. The molecule has 0 aliphatic heterocycles. The molecule has 0 aliphatic carbocycles. The van der Waals surface area contributed by atoms with E-state index in [1.165, 1.54) is 6.20 Å². The molecule has 108 valence electrons. The molecule has 2 aromatic rings. The summed E-state index contributed by atoms with van der Waals surface area (Å²) in [6.45, 7) is 3.17. The molecule has 6 nitrogen and oxygen atoms in total. The van der Waals surface area contributed by atoms with Crippen molar-refractivity contribution in [2.75, 3.05) is 11.3 Å². The van der Waals surface area contributed by atoms with Crippen LogP contribution >= 0.6 is 22.6 Å². The van der Waals surface area contributed by atoms with E-state index >= 15 is 0 Å². The molecule has 0 bridgehead atoms. The summed E-state index contributed by atoms with van der Waals surface area (Å²) in [5.41, 5.74) is 1.14. The summed E-state index contributed by atoms with van der Waals surface area (Å²) in [5.74, 6) is 0. The Balaban J connectivity index is 2.22. The minimum absolute atomic E-state index is 0.0944. The fraction of sp³-hybridized carbons (Fsp3) is 0.250. The molecular formula is C12H15IN4O2S. The molecule has 0 atom stereocenters. The number of halogens is 1. The smallest absolute Gasteiger partial charge is 0.279 e. The minimum Gasteiger partial charge on any atom is -0.313 e. The van der Waals surface area contributed by atoms with Crippen molar-refractivity contribution in [2.45, 2.75) is 18.5 Å². The Hall–Kier alpha value is -1.13. The third-order valence-electron chi connectivity index (χ3n) is 2.61. The van der Waals surface area contributed by atoms with Crippen molar-refractivity contribution in [1.29, 1.82) is 0 Å². The van der Waals surface area contributed by atoms with Gasteiger partial charge in [-0.15, -0.1) is 0 Å². The number of hydrogen-bond acceptors (Lipinski definition) is 4. The third kappa shape index (κ3) is 3.70. The van der Waals surface area contributed by atoms with Crippen molar-refractivity contribution in [3.05, 3.63) is 39.6 Å². The SMILES string of the molecule is CCNCc1cn[nH]c1S(=O)(=O)Nc1ccc(I)cc1. The van der Waals surface area contributed by atoms with Gasteiger partial charge in [0.05, 0.1) is 6.20 Å². The second-order valence-corrected chi connectivity index (χ2v) is 6.98. The predicted molar refractivity (Wildman–Crippen MR) is 85.9 cm³/mol. The van der Waals surface area contributed by atoms with Crippen molar-refractivity contribution in [3.8, 4) is 0 Å². The Labute approximate surface area is 131 Å². The lowest BCUT2D eigenvalue weighted by atomic mass is 10.3. The molecule has 0 saturated heterocycles. The lowest BCUT2D eigenvalue weighted by Gasteiger charge is -2.08. The van der Waals surface area contributed by atoms with Gasteiger partial charge in [-0.1, -0.05) is 6.92 Å². The first-order valence-corrected chi connectivity index (χ1v) is 8.60. The molecule has 0 fully saturated rings. The van der Waals surface area contributed by atoms with Crippen molar-refractivity contribution in [2.24, 2.45) is 0 Å². The summed E-state index contributed by atoms with van der Waals surface area (Å²) < 4.78 is 28.2. The van der Waals surface area contributed by atoms with Crippen LogP contribution in [0.15, 0.2) is 35.5 Å². The highest BCUT2D eigenvalue weighted by molar-refractivity contribution is 14.1. The van der Waals surface area contributed by atoms with Crippen LogP contribution in [-0.2, 0) is 16.6 Å². The molecule has 0 spiro atoms. The molecule has 3 N–H and O–H groups in total. The molecule has 1 heterocycles. The van der Waals surface area contributed by atoms with E-state index in [1.54, 1.807) is 12.1 Å². The van der Waals surface area contributed by atoms with Gasteiger partial charge in [-0.3, -0.25) is 9.82 Å². The van der Waals surface area contributed by atoms with E-state index in [4.69, 9.17) is 0 Å². The number of H-pyrrole nitrogens is 1.